The number of anilines is 1. The SMILES string of the molecule is CCNC(=NCc1c(CC)nn(C)c1CC)NC1CCN(c2ccccn2)CC1. The molecule has 3 rings (SSSR count). The molecule has 7 nitrogen and oxygen atoms in total. The average Bonchev–Trinajstić information content (AvgIpc) is 3.07. The second-order valence-corrected chi connectivity index (χ2v) is 7.49. The third-order valence-electron chi connectivity index (χ3n) is 5.58. The van der Waals surface area contributed by atoms with E-state index in [9.17, 15) is 0 Å². The molecule has 0 saturated carbocycles. The molecule has 0 bridgehead atoms. The summed E-state index contributed by atoms with van der Waals surface area (Å²) < 4.78 is 2.01. The minimum absolute atomic E-state index is 0.429. The predicted octanol–water partition coefficient (Wildman–Crippen LogP) is 2.66. The standard InChI is InChI=1S/C22H35N7/c1-5-19-18(20(6-2)28(4)27-19)16-25-22(23-7-3)26-17-11-14-29(15-12-17)21-10-8-9-13-24-21/h8-10,13,17H,5-7,11-12,14-16H2,1-4H3,(H2,23,25,26). The number of guanidine groups is 1. The van der Waals surface area contributed by atoms with Crippen molar-refractivity contribution in [1.82, 2.24) is 25.4 Å². The lowest BCUT2D eigenvalue weighted by Gasteiger charge is -2.33. The number of nitrogens with one attached hydrogen (secondary N) is 2. The van der Waals surface area contributed by atoms with E-state index in [1.54, 1.807) is 0 Å². The molecule has 0 atom stereocenters. The van der Waals surface area contributed by atoms with Gasteiger partial charge in [-0.3, -0.25) is 4.68 Å². The minimum Gasteiger partial charge on any atom is -0.357 e. The Morgan fingerprint density at radius 2 is 1.97 bits per heavy atom. The van der Waals surface area contributed by atoms with Gasteiger partial charge in [-0.1, -0.05) is 19.9 Å². The van der Waals surface area contributed by atoms with Crippen molar-refractivity contribution in [2.45, 2.75) is 59.0 Å². The Morgan fingerprint density at radius 1 is 1.17 bits per heavy atom. The van der Waals surface area contributed by atoms with Crippen LogP contribution in [0.2, 0.25) is 0 Å². The van der Waals surface area contributed by atoms with E-state index < -0.39 is 0 Å². The van der Waals surface area contributed by atoms with Gasteiger partial charge >= 0.3 is 0 Å². The number of nitrogens with zero attached hydrogens (tertiary/aromatic N) is 5. The van der Waals surface area contributed by atoms with E-state index in [4.69, 9.17) is 4.99 Å². The van der Waals surface area contributed by atoms with Crippen LogP contribution in [0.15, 0.2) is 29.4 Å². The predicted molar refractivity (Wildman–Crippen MR) is 119 cm³/mol. The van der Waals surface area contributed by atoms with Crippen molar-refractivity contribution in [3.8, 4) is 0 Å². The molecule has 0 radical (unpaired) electrons. The van der Waals surface area contributed by atoms with Crippen LogP contribution in [0.25, 0.3) is 0 Å². The van der Waals surface area contributed by atoms with Gasteiger partial charge in [0.2, 0.25) is 0 Å². The van der Waals surface area contributed by atoms with Gasteiger partial charge in [-0.15, -0.1) is 0 Å². The second kappa shape index (κ2) is 10.3. The molecule has 0 aromatic carbocycles. The highest BCUT2D eigenvalue weighted by Gasteiger charge is 2.21. The Bertz CT molecular complexity index is 789. The molecule has 1 saturated heterocycles. The van der Waals surface area contributed by atoms with Crippen molar-refractivity contribution in [2.75, 3.05) is 24.5 Å². The topological polar surface area (TPSA) is 70.4 Å². The van der Waals surface area contributed by atoms with Crippen molar-refractivity contribution >= 4 is 11.8 Å². The zero-order valence-corrected chi connectivity index (χ0v) is 18.3. The fourth-order valence-corrected chi connectivity index (χ4v) is 4.04. The largest absolute Gasteiger partial charge is 0.357 e. The first-order valence-corrected chi connectivity index (χ1v) is 10.9. The molecule has 1 fully saturated rings. The van der Waals surface area contributed by atoms with E-state index in [1.165, 1.54) is 11.3 Å². The van der Waals surface area contributed by atoms with Crippen LogP contribution in [-0.4, -0.2) is 46.4 Å². The summed E-state index contributed by atoms with van der Waals surface area (Å²) in [6.07, 6.45) is 5.94. The lowest BCUT2D eigenvalue weighted by atomic mass is 10.1. The van der Waals surface area contributed by atoms with E-state index in [-0.39, 0.29) is 0 Å². The Labute approximate surface area is 174 Å². The molecule has 158 valence electrons. The number of rotatable bonds is 7. The number of hydrogen-bond acceptors (Lipinski definition) is 4. The molecule has 0 spiro atoms. The fraction of sp³-hybridized carbons (Fsp3) is 0.591. The van der Waals surface area contributed by atoms with Gasteiger partial charge in [0, 0.05) is 50.2 Å². The average molecular weight is 398 g/mol. The van der Waals surface area contributed by atoms with E-state index in [1.807, 2.05) is 24.0 Å². The van der Waals surface area contributed by atoms with E-state index in [0.717, 1.165) is 62.8 Å². The minimum atomic E-state index is 0.429. The van der Waals surface area contributed by atoms with Gasteiger partial charge in [0.05, 0.1) is 12.2 Å². The van der Waals surface area contributed by atoms with Gasteiger partial charge in [-0.05, 0) is 44.7 Å². The molecule has 29 heavy (non-hydrogen) atoms. The van der Waals surface area contributed by atoms with Crippen LogP contribution in [0.5, 0.6) is 0 Å². The lowest BCUT2D eigenvalue weighted by molar-refractivity contribution is 0.459. The molecule has 3 heterocycles. The highest BCUT2D eigenvalue weighted by atomic mass is 15.3. The third-order valence-corrected chi connectivity index (χ3v) is 5.58. The van der Waals surface area contributed by atoms with Crippen LogP contribution in [0.3, 0.4) is 0 Å². The zero-order valence-electron chi connectivity index (χ0n) is 18.3. The zero-order chi connectivity index (χ0) is 20.6. The summed E-state index contributed by atoms with van der Waals surface area (Å²) in [4.78, 5) is 11.7. The maximum absolute atomic E-state index is 4.90. The molecule has 0 aliphatic carbocycles. The highest BCUT2D eigenvalue weighted by molar-refractivity contribution is 5.80. The number of aromatic nitrogens is 3. The second-order valence-electron chi connectivity index (χ2n) is 7.49. The molecule has 1 aliphatic rings. The fourth-order valence-electron chi connectivity index (χ4n) is 4.04. The van der Waals surface area contributed by atoms with Crippen molar-refractivity contribution in [1.29, 1.82) is 0 Å². The summed E-state index contributed by atoms with van der Waals surface area (Å²) in [5.74, 6) is 1.97. The Morgan fingerprint density at radius 3 is 2.59 bits per heavy atom. The van der Waals surface area contributed by atoms with Crippen molar-refractivity contribution in [3.63, 3.8) is 0 Å². The van der Waals surface area contributed by atoms with Crippen molar-refractivity contribution < 1.29 is 0 Å². The number of hydrogen-bond donors (Lipinski definition) is 2. The van der Waals surface area contributed by atoms with Crippen LogP contribution in [0, 0.1) is 0 Å². The first kappa shape index (κ1) is 21.1. The van der Waals surface area contributed by atoms with Crippen LogP contribution in [-0.2, 0) is 26.4 Å². The maximum Gasteiger partial charge on any atom is 0.191 e. The first-order valence-electron chi connectivity index (χ1n) is 10.9. The quantitative estimate of drug-likeness (QED) is 0.555. The lowest BCUT2D eigenvalue weighted by Crippen LogP contribution is -2.48. The molecule has 0 unspecified atom stereocenters. The Hall–Kier alpha value is -2.57. The van der Waals surface area contributed by atoms with Gasteiger partial charge in [0.25, 0.3) is 0 Å². The molecule has 2 aromatic heterocycles. The van der Waals surface area contributed by atoms with Gasteiger partial charge in [-0.2, -0.15) is 5.10 Å². The molecule has 2 aromatic rings. The smallest absolute Gasteiger partial charge is 0.191 e. The van der Waals surface area contributed by atoms with Crippen LogP contribution >= 0.6 is 0 Å². The van der Waals surface area contributed by atoms with Gasteiger partial charge in [-0.25, -0.2) is 9.98 Å². The van der Waals surface area contributed by atoms with E-state index in [2.05, 4.69) is 58.5 Å². The molecule has 1 aliphatic heterocycles. The number of aryl methyl sites for hydroxylation is 2. The number of pyridine rings is 1. The van der Waals surface area contributed by atoms with Crippen molar-refractivity contribution in [2.24, 2.45) is 12.0 Å². The Balaban J connectivity index is 1.62. The maximum atomic E-state index is 4.90. The molecular weight excluding hydrogens is 362 g/mol. The number of piperidine rings is 1. The number of aliphatic imine (C=N–C) groups is 1. The van der Waals surface area contributed by atoms with Gasteiger partial charge in [0.1, 0.15) is 5.82 Å². The van der Waals surface area contributed by atoms with Crippen LogP contribution in [0.4, 0.5) is 5.82 Å². The summed E-state index contributed by atoms with van der Waals surface area (Å²) in [6, 6.07) is 6.53. The van der Waals surface area contributed by atoms with Crippen molar-refractivity contribution in [3.05, 3.63) is 41.3 Å². The first-order chi connectivity index (χ1) is 14.2. The Kier molecular flexibility index (Phi) is 7.49. The summed E-state index contributed by atoms with van der Waals surface area (Å²) in [5, 5.41) is 11.7. The van der Waals surface area contributed by atoms with Gasteiger partial charge < -0.3 is 15.5 Å². The molecular formula is C22H35N7. The summed E-state index contributed by atoms with van der Waals surface area (Å²) >= 11 is 0. The monoisotopic (exact) mass is 397 g/mol. The van der Waals surface area contributed by atoms with E-state index >= 15 is 0 Å². The molecule has 7 heteroatoms. The summed E-state index contributed by atoms with van der Waals surface area (Å²) in [5.41, 5.74) is 3.72. The normalized spacial score (nSPS) is 15.6. The van der Waals surface area contributed by atoms with Gasteiger partial charge in [0.15, 0.2) is 5.96 Å². The highest BCUT2D eigenvalue weighted by Crippen LogP contribution is 2.18. The third kappa shape index (κ3) is 5.28. The molecule has 0 amide bonds. The summed E-state index contributed by atoms with van der Waals surface area (Å²) in [6.45, 7) is 10.00. The van der Waals surface area contributed by atoms with Crippen LogP contribution in [0.1, 0.15) is 50.6 Å². The van der Waals surface area contributed by atoms with E-state index in [0.29, 0.717) is 12.6 Å². The summed E-state index contributed by atoms with van der Waals surface area (Å²) in [7, 11) is 2.03. The molecule has 2 N–H and O–H groups in total. The van der Waals surface area contributed by atoms with Crippen LogP contribution < -0.4 is 15.5 Å².